The van der Waals surface area contributed by atoms with Crippen molar-refractivity contribution in [3.63, 3.8) is 0 Å². The van der Waals surface area contributed by atoms with E-state index in [0.717, 1.165) is 10.9 Å². The summed E-state index contributed by atoms with van der Waals surface area (Å²) in [5, 5.41) is 4.02. The molecule has 1 atom stereocenters. The van der Waals surface area contributed by atoms with Crippen LogP contribution in [0.4, 0.5) is 0 Å². The molecule has 0 aromatic carbocycles. The fourth-order valence-electron chi connectivity index (χ4n) is 2.16. The number of hydrogen-bond acceptors (Lipinski definition) is 4. The van der Waals surface area contributed by atoms with Crippen molar-refractivity contribution in [2.45, 2.75) is 39.5 Å². The number of fused-ring (bicyclic) bond motifs is 1. The van der Waals surface area contributed by atoms with E-state index < -0.39 is 5.79 Å². The lowest BCUT2D eigenvalue weighted by Gasteiger charge is -2.27. The highest BCUT2D eigenvalue weighted by Gasteiger charge is 2.22. The molecule has 0 radical (unpaired) electrons. The second-order valence-electron chi connectivity index (χ2n) is 5.01. The molecule has 1 aromatic rings. The minimum atomic E-state index is -0.881. The summed E-state index contributed by atoms with van der Waals surface area (Å²) in [5.41, 5.74) is 7.48. The van der Waals surface area contributed by atoms with E-state index in [1.54, 1.807) is 17.6 Å². The quantitative estimate of drug-likeness (QED) is 0.777. The summed E-state index contributed by atoms with van der Waals surface area (Å²) in [6, 6.07) is 1.81. The average Bonchev–Trinajstić information content (AvgIpc) is 2.19. The van der Waals surface area contributed by atoms with E-state index in [-0.39, 0.29) is 11.6 Å². The van der Waals surface area contributed by atoms with E-state index in [4.69, 9.17) is 5.73 Å². The Balaban J connectivity index is 3.03. The molecule has 0 aliphatic carbocycles. The van der Waals surface area contributed by atoms with Gasteiger partial charge in [-0.2, -0.15) is 0 Å². The van der Waals surface area contributed by atoms with Crippen LogP contribution in [0.25, 0.3) is 5.70 Å². The van der Waals surface area contributed by atoms with Gasteiger partial charge in [0.1, 0.15) is 5.49 Å². The number of nitrogens with one attached hydrogen (secondary N) is 1. The van der Waals surface area contributed by atoms with E-state index in [0.29, 0.717) is 9.96 Å². The molecule has 1 aliphatic rings. The highest BCUT2D eigenvalue weighted by atomic mass is 79.9. The van der Waals surface area contributed by atoms with Crippen molar-refractivity contribution in [2.75, 3.05) is 0 Å². The number of halogens is 1. The lowest BCUT2D eigenvalue weighted by atomic mass is 10.2. The molecule has 3 N–H and O–H groups in total. The van der Waals surface area contributed by atoms with Crippen LogP contribution in [-0.2, 0) is 0 Å². The van der Waals surface area contributed by atoms with Gasteiger partial charge in [-0.3, -0.25) is 15.1 Å². The molecule has 0 spiro atoms. The molecular formula is C12H17BrN4O. The second kappa shape index (κ2) is 4.20. The molecule has 6 heteroatoms. The fraction of sp³-hybridized carbons (Fsp3) is 0.500. The van der Waals surface area contributed by atoms with Gasteiger partial charge < -0.3 is 5.32 Å². The molecule has 1 aliphatic heterocycles. The molecule has 2 rings (SSSR count). The van der Waals surface area contributed by atoms with Crippen molar-refractivity contribution in [2.24, 2.45) is 10.7 Å². The van der Waals surface area contributed by atoms with Crippen molar-refractivity contribution in [3.8, 4) is 0 Å². The highest BCUT2D eigenvalue weighted by Crippen LogP contribution is 2.06. The smallest absolute Gasteiger partial charge is 0.266 e. The predicted molar refractivity (Wildman–Crippen MR) is 74.4 cm³/mol. The molecule has 18 heavy (non-hydrogen) atoms. The van der Waals surface area contributed by atoms with Crippen molar-refractivity contribution in [3.05, 3.63) is 31.6 Å². The lowest BCUT2D eigenvalue weighted by Crippen LogP contribution is -2.59. The summed E-state index contributed by atoms with van der Waals surface area (Å²) < 4.78 is 2.20. The molecule has 5 nitrogen and oxygen atoms in total. The predicted octanol–water partition coefficient (Wildman–Crippen LogP) is 0.175. The van der Waals surface area contributed by atoms with Gasteiger partial charge in [0.2, 0.25) is 0 Å². The van der Waals surface area contributed by atoms with Gasteiger partial charge in [0.15, 0.2) is 5.79 Å². The third-order valence-corrected chi connectivity index (χ3v) is 3.43. The van der Waals surface area contributed by atoms with Crippen LogP contribution in [0.15, 0.2) is 20.3 Å². The minimum absolute atomic E-state index is 0.0224. The van der Waals surface area contributed by atoms with Gasteiger partial charge in [-0.1, -0.05) is 0 Å². The fourth-order valence-corrected chi connectivity index (χ4v) is 2.58. The summed E-state index contributed by atoms with van der Waals surface area (Å²) in [7, 11) is 0. The normalized spacial score (nSPS) is 22.5. The Labute approximate surface area is 114 Å². The molecule has 0 saturated heterocycles. The minimum Gasteiger partial charge on any atom is -0.352 e. The van der Waals surface area contributed by atoms with Gasteiger partial charge in [0, 0.05) is 17.0 Å². The molecule has 1 unspecified atom stereocenters. The average molecular weight is 313 g/mol. The van der Waals surface area contributed by atoms with E-state index in [9.17, 15) is 4.79 Å². The van der Waals surface area contributed by atoms with Crippen LogP contribution in [-0.4, -0.2) is 10.4 Å². The number of rotatable bonds is 1. The zero-order chi connectivity index (χ0) is 13.7. The molecule has 0 fully saturated rings. The van der Waals surface area contributed by atoms with Crippen LogP contribution in [0.5, 0.6) is 0 Å². The first-order valence-electron chi connectivity index (χ1n) is 5.82. The molecule has 2 heterocycles. The van der Waals surface area contributed by atoms with Crippen molar-refractivity contribution < 1.29 is 0 Å². The zero-order valence-corrected chi connectivity index (χ0v) is 12.5. The van der Waals surface area contributed by atoms with Crippen LogP contribution in [0, 0.1) is 0 Å². The van der Waals surface area contributed by atoms with E-state index in [1.807, 2.05) is 20.8 Å². The van der Waals surface area contributed by atoms with Gasteiger partial charge in [-0.15, -0.1) is 0 Å². The number of nitrogens with zero attached hydrogens (tertiary/aromatic N) is 2. The van der Waals surface area contributed by atoms with E-state index >= 15 is 0 Å². The molecule has 0 amide bonds. The van der Waals surface area contributed by atoms with Gasteiger partial charge in [-0.25, -0.2) is 4.99 Å². The first-order valence-corrected chi connectivity index (χ1v) is 6.61. The van der Waals surface area contributed by atoms with Gasteiger partial charge in [0.05, 0.1) is 4.47 Å². The third kappa shape index (κ3) is 2.10. The monoisotopic (exact) mass is 312 g/mol. The SMILES string of the molecule is CC1=c2cc(Br)c(=O)n(C(C)C)c2=NC(C)(N)N1. The maximum atomic E-state index is 12.2. The molecular weight excluding hydrogens is 296 g/mol. The van der Waals surface area contributed by atoms with Crippen molar-refractivity contribution in [1.82, 2.24) is 9.88 Å². The topological polar surface area (TPSA) is 72.4 Å². The number of pyridine rings is 1. The van der Waals surface area contributed by atoms with Gasteiger partial charge in [-0.05, 0) is 49.7 Å². The standard InChI is InChI=1S/C12H17BrN4O/c1-6(2)17-10-8(5-9(13)11(17)18)7(3)15-12(4,14)16-10/h5-6,15H,14H2,1-4H3. The van der Waals surface area contributed by atoms with Crippen molar-refractivity contribution in [1.29, 1.82) is 0 Å². The summed E-state index contributed by atoms with van der Waals surface area (Å²) >= 11 is 3.30. The maximum absolute atomic E-state index is 12.2. The Bertz CT molecular complexity index is 673. The molecule has 0 saturated carbocycles. The Morgan fingerprint density at radius 3 is 2.72 bits per heavy atom. The Kier molecular flexibility index (Phi) is 3.11. The largest absolute Gasteiger partial charge is 0.352 e. The summed E-state index contributed by atoms with van der Waals surface area (Å²) in [4.78, 5) is 16.6. The molecule has 98 valence electrons. The van der Waals surface area contributed by atoms with Gasteiger partial charge >= 0.3 is 0 Å². The zero-order valence-electron chi connectivity index (χ0n) is 10.9. The number of aromatic nitrogens is 1. The van der Waals surface area contributed by atoms with Crippen LogP contribution in [0.3, 0.4) is 0 Å². The van der Waals surface area contributed by atoms with Gasteiger partial charge in [0.25, 0.3) is 5.56 Å². The maximum Gasteiger partial charge on any atom is 0.266 e. The number of hydrogen-bond donors (Lipinski definition) is 2. The van der Waals surface area contributed by atoms with E-state index in [1.165, 1.54) is 0 Å². The molecule has 0 bridgehead atoms. The Morgan fingerprint density at radius 1 is 1.56 bits per heavy atom. The van der Waals surface area contributed by atoms with E-state index in [2.05, 4.69) is 26.2 Å². The molecule has 1 aromatic heterocycles. The summed E-state index contributed by atoms with van der Waals surface area (Å²) in [6.07, 6.45) is 0. The third-order valence-electron chi connectivity index (χ3n) is 2.86. The first-order chi connectivity index (χ1) is 8.23. The second-order valence-corrected chi connectivity index (χ2v) is 5.86. The van der Waals surface area contributed by atoms with Crippen LogP contribution >= 0.6 is 15.9 Å². The highest BCUT2D eigenvalue weighted by molar-refractivity contribution is 9.10. The summed E-state index contributed by atoms with van der Waals surface area (Å²) in [6.45, 7) is 7.61. The lowest BCUT2D eigenvalue weighted by molar-refractivity contribution is 0.406. The summed E-state index contributed by atoms with van der Waals surface area (Å²) in [5.74, 6) is -0.881. The Hall–Kier alpha value is -1.14. The Morgan fingerprint density at radius 2 is 2.17 bits per heavy atom. The van der Waals surface area contributed by atoms with Crippen LogP contribution in [0.2, 0.25) is 0 Å². The van der Waals surface area contributed by atoms with Crippen molar-refractivity contribution >= 4 is 21.6 Å². The van der Waals surface area contributed by atoms with Crippen LogP contribution < -0.4 is 27.3 Å². The first kappa shape index (κ1) is 13.3. The van der Waals surface area contributed by atoms with Crippen LogP contribution in [0.1, 0.15) is 33.7 Å². The number of nitrogens with two attached hydrogens (primary N) is 1.